The van der Waals surface area contributed by atoms with Gasteiger partial charge in [0.1, 0.15) is 11.5 Å². The molecule has 19 heavy (non-hydrogen) atoms. The number of carbonyl (C=O) groups is 2. The van der Waals surface area contributed by atoms with Crippen LogP contribution in [0.25, 0.3) is 0 Å². The van der Waals surface area contributed by atoms with Gasteiger partial charge in [-0.25, -0.2) is 9.37 Å². The van der Waals surface area contributed by atoms with E-state index in [4.69, 9.17) is 11.6 Å². The van der Waals surface area contributed by atoms with Gasteiger partial charge in [0.2, 0.25) is 0 Å². The van der Waals surface area contributed by atoms with Crippen LogP contribution < -0.4 is 5.32 Å². The molecular weight excluding hydrogens is 291 g/mol. The van der Waals surface area contributed by atoms with Crippen LogP contribution in [0.2, 0.25) is 5.02 Å². The molecule has 0 spiro atoms. The standard InChI is InChI=1S/C12H8ClFN2O2S/c1-6(17)10-5-19-12(15-10)16-11(18)8-4-7(13)2-3-9(8)14/h2-5H,1H3,(H,15,16,18). The second kappa shape index (κ2) is 5.46. The Morgan fingerprint density at radius 1 is 1.42 bits per heavy atom. The van der Waals surface area contributed by atoms with Gasteiger partial charge < -0.3 is 0 Å². The smallest absolute Gasteiger partial charge is 0.260 e. The van der Waals surface area contributed by atoms with Gasteiger partial charge in [0, 0.05) is 17.3 Å². The quantitative estimate of drug-likeness (QED) is 0.884. The number of aromatic nitrogens is 1. The van der Waals surface area contributed by atoms with Crippen LogP contribution in [0, 0.1) is 5.82 Å². The molecule has 1 N–H and O–H groups in total. The number of ketones is 1. The van der Waals surface area contributed by atoms with Crippen LogP contribution in [0.1, 0.15) is 27.8 Å². The van der Waals surface area contributed by atoms with Gasteiger partial charge in [0.25, 0.3) is 5.91 Å². The van der Waals surface area contributed by atoms with Gasteiger partial charge in [-0.3, -0.25) is 14.9 Å². The first-order chi connectivity index (χ1) is 8.97. The van der Waals surface area contributed by atoms with Crippen molar-refractivity contribution >= 4 is 39.8 Å². The number of nitrogens with zero attached hydrogens (tertiary/aromatic N) is 1. The van der Waals surface area contributed by atoms with E-state index in [-0.39, 0.29) is 27.2 Å². The Hall–Kier alpha value is -1.79. The number of anilines is 1. The van der Waals surface area contributed by atoms with Gasteiger partial charge in [0.05, 0.1) is 5.56 Å². The summed E-state index contributed by atoms with van der Waals surface area (Å²) in [4.78, 5) is 26.8. The van der Waals surface area contributed by atoms with E-state index in [1.54, 1.807) is 0 Å². The molecule has 1 aromatic heterocycles. The zero-order valence-electron chi connectivity index (χ0n) is 9.74. The van der Waals surface area contributed by atoms with Crippen LogP contribution in [0.3, 0.4) is 0 Å². The van der Waals surface area contributed by atoms with E-state index in [2.05, 4.69) is 10.3 Å². The molecule has 0 radical (unpaired) electrons. The van der Waals surface area contributed by atoms with Gasteiger partial charge >= 0.3 is 0 Å². The third-order valence-corrected chi connectivity index (χ3v) is 3.25. The molecule has 2 aromatic rings. The molecule has 1 aromatic carbocycles. The van der Waals surface area contributed by atoms with Gasteiger partial charge in [-0.1, -0.05) is 11.6 Å². The Balaban J connectivity index is 2.20. The maximum atomic E-state index is 13.5. The summed E-state index contributed by atoms with van der Waals surface area (Å²) in [6.07, 6.45) is 0. The molecule has 0 saturated heterocycles. The number of Topliss-reactive ketones (excluding diaryl/α,β-unsaturated/α-hetero) is 1. The highest BCUT2D eigenvalue weighted by atomic mass is 35.5. The summed E-state index contributed by atoms with van der Waals surface area (Å²) in [6.45, 7) is 1.37. The van der Waals surface area contributed by atoms with Crippen LogP contribution in [-0.4, -0.2) is 16.7 Å². The summed E-state index contributed by atoms with van der Waals surface area (Å²) in [5.41, 5.74) is 0.0824. The van der Waals surface area contributed by atoms with Gasteiger partial charge in [0.15, 0.2) is 10.9 Å². The Labute approximate surface area is 117 Å². The third-order valence-electron chi connectivity index (χ3n) is 2.26. The maximum Gasteiger partial charge on any atom is 0.260 e. The fraction of sp³-hybridized carbons (Fsp3) is 0.0833. The molecule has 0 aliphatic rings. The fourth-order valence-electron chi connectivity index (χ4n) is 1.33. The molecule has 0 aliphatic heterocycles. The number of thiazole rings is 1. The Morgan fingerprint density at radius 3 is 2.79 bits per heavy atom. The van der Waals surface area contributed by atoms with E-state index in [1.165, 1.54) is 24.4 Å². The molecule has 2 rings (SSSR count). The Morgan fingerprint density at radius 2 is 2.16 bits per heavy atom. The van der Waals surface area contributed by atoms with Crippen molar-refractivity contribution in [3.8, 4) is 0 Å². The molecule has 0 atom stereocenters. The number of hydrogen-bond acceptors (Lipinski definition) is 4. The van der Waals surface area contributed by atoms with E-state index >= 15 is 0 Å². The first-order valence-corrected chi connectivity index (χ1v) is 6.46. The predicted octanol–water partition coefficient (Wildman–Crippen LogP) is 3.39. The van der Waals surface area contributed by atoms with Crippen LogP contribution in [0.15, 0.2) is 23.6 Å². The minimum Gasteiger partial charge on any atom is -0.298 e. The molecular formula is C12H8ClFN2O2S. The molecule has 7 heteroatoms. The molecule has 1 amide bonds. The average molecular weight is 299 g/mol. The molecule has 0 saturated carbocycles. The van der Waals surface area contributed by atoms with Crippen molar-refractivity contribution in [3.63, 3.8) is 0 Å². The summed E-state index contributed by atoms with van der Waals surface area (Å²) >= 11 is 6.80. The molecule has 0 unspecified atom stereocenters. The van der Waals surface area contributed by atoms with E-state index in [1.807, 2.05) is 0 Å². The maximum absolute atomic E-state index is 13.5. The Bertz CT molecular complexity index is 657. The van der Waals surface area contributed by atoms with Crippen molar-refractivity contribution in [1.29, 1.82) is 0 Å². The molecule has 98 valence electrons. The van der Waals surface area contributed by atoms with Crippen molar-refractivity contribution in [3.05, 3.63) is 45.7 Å². The summed E-state index contributed by atoms with van der Waals surface area (Å²) in [7, 11) is 0. The highest BCUT2D eigenvalue weighted by molar-refractivity contribution is 7.14. The fourth-order valence-corrected chi connectivity index (χ4v) is 2.25. The zero-order valence-corrected chi connectivity index (χ0v) is 11.3. The van der Waals surface area contributed by atoms with Crippen LogP contribution in [-0.2, 0) is 0 Å². The van der Waals surface area contributed by atoms with Crippen molar-refractivity contribution in [1.82, 2.24) is 4.98 Å². The van der Waals surface area contributed by atoms with Gasteiger partial charge in [-0.2, -0.15) is 0 Å². The third kappa shape index (κ3) is 3.15. The van der Waals surface area contributed by atoms with E-state index in [0.29, 0.717) is 0 Å². The summed E-state index contributed by atoms with van der Waals surface area (Å²) in [6, 6.07) is 3.69. The van der Waals surface area contributed by atoms with Gasteiger partial charge in [-0.15, -0.1) is 11.3 Å². The highest BCUT2D eigenvalue weighted by Gasteiger charge is 2.14. The number of amides is 1. The van der Waals surface area contributed by atoms with E-state index in [0.717, 1.165) is 17.4 Å². The lowest BCUT2D eigenvalue weighted by atomic mass is 10.2. The SMILES string of the molecule is CC(=O)c1csc(NC(=O)c2cc(Cl)ccc2F)n1. The normalized spacial score (nSPS) is 10.3. The minimum absolute atomic E-state index is 0.174. The number of benzene rings is 1. The van der Waals surface area contributed by atoms with Crippen LogP contribution in [0.5, 0.6) is 0 Å². The second-order valence-electron chi connectivity index (χ2n) is 3.67. The lowest BCUT2D eigenvalue weighted by Gasteiger charge is -2.03. The van der Waals surface area contributed by atoms with Crippen LogP contribution in [0.4, 0.5) is 9.52 Å². The number of rotatable bonds is 3. The highest BCUT2D eigenvalue weighted by Crippen LogP contribution is 2.19. The minimum atomic E-state index is -0.676. The first kappa shape index (κ1) is 13.6. The summed E-state index contributed by atoms with van der Waals surface area (Å²) in [5.74, 6) is -1.54. The number of carbonyl (C=O) groups excluding carboxylic acids is 2. The number of hydrogen-bond donors (Lipinski definition) is 1. The predicted molar refractivity (Wildman–Crippen MR) is 71.5 cm³/mol. The molecule has 4 nitrogen and oxygen atoms in total. The average Bonchev–Trinajstić information content (AvgIpc) is 2.80. The first-order valence-electron chi connectivity index (χ1n) is 5.20. The van der Waals surface area contributed by atoms with E-state index in [9.17, 15) is 14.0 Å². The molecule has 1 heterocycles. The lowest BCUT2D eigenvalue weighted by Crippen LogP contribution is -2.13. The molecule has 0 bridgehead atoms. The van der Waals surface area contributed by atoms with Crippen molar-refractivity contribution < 1.29 is 14.0 Å². The lowest BCUT2D eigenvalue weighted by molar-refractivity contribution is 0.100. The summed E-state index contributed by atoms with van der Waals surface area (Å²) in [5, 5.41) is 4.43. The molecule has 0 fully saturated rings. The number of nitrogens with one attached hydrogen (secondary N) is 1. The monoisotopic (exact) mass is 298 g/mol. The van der Waals surface area contributed by atoms with Gasteiger partial charge in [-0.05, 0) is 18.2 Å². The van der Waals surface area contributed by atoms with Crippen LogP contribution >= 0.6 is 22.9 Å². The summed E-state index contributed by atoms with van der Waals surface area (Å²) < 4.78 is 13.5. The Kier molecular flexibility index (Phi) is 3.92. The number of halogens is 2. The van der Waals surface area contributed by atoms with Crippen molar-refractivity contribution in [2.45, 2.75) is 6.92 Å². The largest absolute Gasteiger partial charge is 0.298 e. The zero-order chi connectivity index (χ0) is 14.0. The van der Waals surface area contributed by atoms with Crippen molar-refractivity contribution in [2.75, 3.05) is 5.32 Å². The van der Waals surface area contributed by atoms with Crippen molar-refractivity contribution in [2.24, 2.45) is 0 Å². The molecule has 0 aliphatic carbocycles. The topological polar surface area (TPSA) is 59.1 Å². The second-order valence-corrected chi connectivity index (χ2v) is 4.97. The van der Waals surface area contributed by atoms with E-state index < -0.39 is 11.7 Å².